The van der Waals surface area contributed by atoms with Crippen LogP contribution in [-0.4, -0.2) is 20.1 Å². The second-order valence-electron chi connectivity index (χ2n) is 5.74. The molecule has 0 fully saturated rings. The molecule has 2 aromatic carbocycles. The van der Waals surface area contributed by atoms with Crippen molar-refractivity contribution in [2.45, 2.75) is 6.54 Å². The van der Waals surface area contributed by atoms with Crippen molar-refractivity contribution in [2.75, 3.05) is 0 Å². The lowest BCUT2D eigenvalue weighted by molar-refractivity contribution is 0.481. The van der Waals surface area contributed by atoms with E-state index in [4.69, 9.17) is 5.73 Å². The minimum Gasteiger partial charge on any atom is -0.505 e. The molecule has 0 aliphatic heterocycles. The van der Waals surface area contributed by atoms with E-state index in [2.05, 4.69) is 25.2 Å². The number of rotatable bonds is 3. The average Bonchev–Trinajstić information content (AvgIpc) is 3.00. The number of pyridine rings is 1. The summed E-state index contributed by atoms with van der Waals surface area (Å²) in [6.07, 6.45) is 0. The maximum absolute atomic E-state index is 12.2. The van der Waals surface area contributed by atoms with Crippen molar-refractivity contribution in [3.05, 3.63) is 62.8 Å². The Balaban J connectivity index is 1.80. The zero-order valence-corrected chi connectivity index (χ0v) is 13.4. The molecule has 0 aliphatic carbocycles. The number of nitrogens with two attached hydrogens (primary N) is 1. The topological polar surface area (TPSA) is 152 Å². The van der Waals surface area contributed by atoms with Gasteiger partial charge in [-0.1, -0.05) is 6.07 Å². The van der Waals surface area contributed by atoms with Gasteiger partial charge in [0.25, 0.3) is 5.56 Å². The summed E-state index contributed by atoms with van der Waals surface area (Å²) >= 11 is 0. The summed E-state index contributed by atoms with van der Waals surface area (Å²) < 4.78 is 0. The number of fused-ring (bicyclic) bond motifs is 2. The van der Waals surface area contributed by atoms with Crippen molar-refractivity contribution >= 4 is 33.3 Å². The molecule has 0 radical (unpaired) electrons. The number of nitrogens with one attached hydrogen (secondary N) is 3. The second kappa shape index (κ2) is 5.97. The van der Waals surface area contributed by atoms with Gasteiger partial charge in [-0.2, -0.15) is 5.11 Å². The third kappa shape index (κ3) is 2.66. The fourth-order valence-electron chi connectivity index (χ4n) is 2.72. The van der Waals surface area contributed by atoms with E-state index in [0.717, 1.165) is 5.56 Å². The first-order valence-corrected chi connectivity index (χ1v) is 7.77. The summed E-state index contributed by atoms with van der Waals surface area (Å²) in [5.41, 5.74) is 7.44. The van der Waals surface area contributed by atoms with Gasteiger partial charge in [-0.05, 0) is 35.9 Å². The van der Waals surface area contributed by atoms with E-state index in [0.29, 0.717) is 34.2 Å². The van der Waals surface area contributed by atoms with E-state index in [1.54, 1.807) is 36.4 Å². The van der Waals surface area contributed by atoms with Gasteiger partial charge in [-0.25, -0.2) is 4.79 Å². The molecule has 0 aliphatic rings. The van der Waals surface area contributed by atoms with Gasteiger partial charge in [-0.3, -0.25) is 4.79 Å². The molecular weight excluding hydrogens is 336 g/mol. The molecule has 0 saturated heterocycles. The van der Waals surface area contributed by atoms with Crippen LogP contribution in [-0.2, 0) is 6.54 Å². The minimum absolute atomic E-state index is 0.200. The van der Waals surface area contributed by atoms with Crippen LogP contribution in [0.4, 0.5) is 11.4 Å². The molecule has 4 rings (SSSR count). The van der Waals surface area contributed by atoms with Gasteiger partial charge in [0.1, 0.15) is 0 Å². The number of benzene rings is 2. The lowest BCUT2D eigenvalue weighted by atomic mass is 10.1. The maximum Gasteiger partial charge on any atom is 0.323 e. The summed E-state index contributed by atoms with van der Waals surface area (Å²) in [6.45, 7) is 0.306. The Kier molecular flexibility index (Phi) is 3.63. The van der Waals surface area contributed by atoms with Gasteiger partial charge >= 0.3 is 5.69 Å². The Hall–Kier alpha value is -3.72. The molecule has 2 aromatic heterocycles. The minimum atomic E-state index is -0.560. The number of imidazole rings is 1. The van der Waals surface area contributed by atoms with Crippen LogP contribution >= 0.6 is 0 Å². The number of azo groups is 1. The van der Waals surface area contributed by atoms with E-state index in [-0.39, 0.29) is 17.1 Å². The molecule has 130 valence electrons. The monoisotopic (exact) mass is 350 g/mol. The van der Waals surface area contributed by atoms with E-state index < -0.39 is 5.56 Å². The highest BCUT2D eigenvalue weighted by atomic mass is 16.3. The van der Waals surface area contributed by atoms with Crippen LogP contribution < -0.4 is 17.0 Å². The molecule has 4 aromatic rings. The zero-order chi connectivity index (χ0) is 18.3. The number of nitrogens with zero attached hydrogens (tertiary/aromatic N) is 2. The van der Waals surface area contributed by atoms with Crippen LogP contribution in [0.2, 0.25) is 0 Å². The van der Waals surface area contributed by atoms with Crippen LogP contribution in [0.15, 0.2) is 56.2 Å². The Morgan fingerprint density at radius 1 is 0.923 bits per heavy atom. The molecule has 0 amide bonds. The highest BCUT2D eigenvalue weighted by Crippen LogP contribution is 2.32. The van der Waals surface area contributed by atoms with Gasteiger partial charge in [-0.15, -0.1) is 5.11 Å². The smallest absolute Gasteiger partial charge is 0.323 e. The van der Waals surface area contributed by atoms with Gasteiger partial charge in [0, 0.05) is 11.9 Å². The zero-order valence-electron chi connectivity index (χ0n) is 13.4. The third-order valence-corrected chi connectivity index (χ3v) is 4.03. The third-order valence-electron chi connectivity index (χ3n) is 4.03. The largest absolute Gasteiger partial charge is 0.505 e. The molecule has 0 saturated carbocycles. The van der Waals surface area contributed by atoms with Gasteiger partial charge in [0.05, 0.1) is 22.2 Å². The standard InChI is InChI=1S/C17H14N6O3/c18-7-8-1-3-11-10(5-8)15(24)14(16(25)19-11)23-22-9-2-4-12-13(6-9)21-17(26)20-12/h1-6H,7,18H2,(H2,19,24,25)(H2,20,21,26). The fourth-order valence-corrected chi connectivity index (χ4v) is 2.72. The number of hydrogen-bond acceptors (Lipinski definition) is 6. The van der Waals surface area contributed by atoms with Crippen molar-refractivity contribution in [3.63, 3.8) is 0 Å². The number of hydrogen-bond donors (Lipinski definition) is 5. The number of aromatic amines is 3. The Labute approximate surface area is 145 Å². The molecule has 26 heavy (non-hydrogen) atoms. The molecule has 9 nitrogen and oxygen atoms in total. The first-order valence-electron chi connectivity index (χ1n) is 7.77. The SMILES string of the molecule is NCc1ccc2[nH]c(=O)c(N=Nc3ccc4[nH]c(=O)[nH]c4c3)c(O)c2c1. The van der Waals surface area contributed by atoms with E-state index in [9.17, 15) is 14.7 Å². The number of aromatic hydroxyl groups is 1. The molecule has 2 heterocycles. The summed E-state index contributed by atoms with van der Waals surface area (Å²) in [5, 5.41) is 18.8. The molecule has 0 bridgehead atoms. The Bertz CT molecular complexity index is 1280. The highest BCUT2D eigenvalue weighted by Gasteiger charge is 2.12. The van der Waals surface area contributed by atoms with Crippen molar-refractivity contribution in [1.82, 2.24) is 15.0 Å². The predicted octanol–water partition coefficient (Wildman–Crippen LogP) is 2.28. The molecule has 9 heteroatoms. The predicted molar refractivity (Wildman–Crippen MR) is 97.2 cm³/mol. The van der Waals surface area contributed by atoms with Crippen LogP contribution in [0.5, 0.6) is 5.75 Å². The van der Waals surface area contributed by atoms with Gasteiger partial charge in [0.15, 0.2) is 11.4 Å². The quantitative estimate of drug-likeness (QED) is 0.360. The fraction of sp³-hybridized carbons (Fsp3) is 0.0588. The maximum atomic E-state index is 12.2. The Morgan fingerprint density at radius 2 is 1.69 bits per heavy atom. The van der Waals surface area contributed by atoms with Gasteiger partial charge in [0.2, 0.25) is 0 Å². The summed E-state index contributed by atoms with van der Waals surface area (Å²) in [7, 11) is 0. The van der Waals surface area contributed by atoms with Crippen molar-refractivity contribution < 1.29 is 5.11 Å². The number of H-pyrrole nitrogens is 3. The number of aromatic nitrogens is 3. The van der Waals surface area contributed by atoms with Crippen molar-refractivity contribution in [2.24, 2.45) is 16.0 Å². The first kappa shape index (κ1) is 15.8. The van der Waals surface area contributed by atoms with E-state index in [1.807, 2.05) is 0 Å². The van der Waals surface area contributed by atoms with Crippen LogP contribution in [0.25, 0.3) is 21.9 Å². The molecule has 0 spiro atoms. The van der Waals surface area contributed by atoms with Crippen LogP contribution in [0.3, 0.4) is 0 Å². The van der Waals surface area contributed by atoms with Crippen LogP contribution in [0.1, 0.15) is 5.56 Å². The summed E-state index contributed by atoms with van der Waals surface area (Å²) in [5.74, 6) is -0.265. The lowest BCUT2D eigenvalue weighted by Gasteiger charge is -2.05. The van der Waals surface area contributed by atoms with Crippen molar-refractivity contribution in [1.29, 1.82) is 0 Å². The molecule has 6 N–H and O–H groups in total. The van der Waals surface area contributed by atoms with Crippen molar-refractivity contribution in [3.8, 4) is 5.75 Å². The molecule has 0 unspecified atom stereocenters. The molecular formula is C17H14N6O3. The Morgan fingerprint density at radius 3 is 2.50 bits per heavy atom. The van der Waals surface area contributed by atoms with E-state index in [1.165, 1.54) is 0 Å². The summed E-state index contributed by atoms with van der Waals surface area (Å²) in [6, 6.07) is 10.0. The highest BCUT2D eigenvalue weighted by molar-refractivity contribution is 5.89. The second-order valence-corrected chi connectivity index (χ2v) is 5.74. The van der Waals surface area contributed by atoms with Gasteiger partial charge < -0.3 is 25.8 Å². The molecule has 0 atom stereocenters. The van der Waals surface area contributed by atoms with Crippen LogP contribution in [0, 0.1) is 0 Å². The first-order chi connectivity index (χ1) is 12.5. The summed E-state index contributed by atoms with van der Waals surface area (Å²) in [4.78, 5) is 31.4. The average molecular weight is 350 g/mol. The normalized spacial score (nSPS) is 11.7. The van der Waals surface area contributed by atoms with E-state index >= 15 is 0 Å². The lowest BCUT2D eigenvalue weighted by Crippen LogP contribution is -2.05.